The van der Waals surface area contributed by atoms with Crippen LogP contribution < -0.4 is 5.32 Å². The second-order valence-corrected chi connectivity index (χ2v) is 4.84. The summed E-state index contributed by atoms with van der Waals surface area (Å²) in [5, 5.41) is 5.21. The van der Waals surface area contributed by atoms with E-state index in [0.29, 0.717) is 5.37 Å². The number of nitrogens with zero attached hydrogens (tertiary/aromatic N) is 1. The molecule has 3 heteroatoms. The lowest BCUT2D eigenvalue weighted by Gasteiger charge is -2.12. The summed E-state index contributed by atoms with van der Waals surface area (Å²) in [7, 11) is 0. The number of hydrogen-bond acceptors (Lipinski definition) is 3. The summed E-state index contributed by atoms with van der Waals surface area (Å²) in [4.78, 5) is 4.38. The van der Waals surface area contributed by atoms with Crippen molar-refractivity contribution in [2.45, 2.75) is 5.37 Å². The quantitative estimate of drug-likeness (QED) is 0.793. The summed E-state index contributed by atoms with van der Waals surface area (Å²) in [5.41, 5.74) is 2.45. The number of nitrogens with one attached hydrogen (secondary N) is 1. The molecule has 0 amide bonds. The number of hydrogen-bond donors (Lipinski definition) is 1. The molecule has 1 atom stereocenters. The molecule has 0 saturated carbocycles. The molecule has 0 radical (unpaired) electrons. The molecule has 15 heavy (non-hydrogen) atoms. The van der Waals surface area contributed by atoms with Crippen molar-refractivity contribution in [3.05, 3.63) is 42.1 Å². The molecular weight excluding hydrogens is 204 g/mol. The van der Waals surface area contributed by atoms with Crippen LogP contribution in [0.5, 0.6) is 0 Å². The van der Waals surface area contributed by atoms with Gasteiger partial charge < -0.3 is 5.32 Å². The minimum Gasteiger partial charge on any atom is -0.301 e. The molecular formula is C12H12N2S. The number of thioether (sulfide) groups is 1. The molecule has 2 nitrogen and oxygen atoms in total. The van der Waals surface area contributed by atoms with Crippen molar-refractivity contribution in [1.29, 1.82) is 0 Å². The largest absolute Gasteiger partial charge is 0.301 e. The van der Waals surface area contributed by atoms with Gasteiger partial charge in [-0.15, -0.1) is 11.8 Å². The van der Waals surface area contributed by atoms with E-state index in [-0.39, 0.29) is 0 Å². The Morgan fingerprint density at radius 1 is 1.27 bits per heavy atom. The Kier molecular flexibility index (Phi) is 2.35. The third kappa shape index (κ3) is 1.62. The molecule has 0 aliphatic carbocycles. The number of fused-ring (bicyclic) bond motifs is 1. The maximum atomic E-state index is 4.38. The number of para-hydroxylation sites is 1. The van der Waals surface area contributed by atoms with Crippen LogP contribution in [0.4, 0.5) is 0 Å². The molecule has 0 spiro atoms. The zero-order valence-electron chi connectivity index (χ0n) is 8.31. The van der Waals surface area contributed by atoms with Crippen LogP contribution in [-0.4, -0.2) is 17.3 Å². The zero-order valence-corrected chi connectivity index (χ0v) is 9.13. The van der Waals surface area contributed by atoms with Gasteiger partial charge in [0.05, 0.1) is 10.9 Å². The van der Waals surface area contributed by atoms with Crippen LogP contribution in [0.2, 0.25) is 0 Å². The third-order valence-electron chi connectivity index (χ3n) is 2.68. The highest BCUT2D eigenvalue weighted by Crippen LogP contribution is 2.33. The molecule has 1 aromatic heterocycles. The maximum Gasteiger partial charge on any atom is 0.0797 e. The maximum absolute atomic E-state index is 4.38. The van der Waals surface area contributed by atoms with Crippen LogP contribution in [0.25, 0.3) is 10.9 Å². The molecule has 76 valence electrons. The van der Waals surface area contributed by atoms with E-state index < -0.39 is 0 Å². The van der Waals surface area contributed by atoms with Gasteiger partial charge in [-0.3, -0.25) is 4.98 Å². The first-order valence-electron chi connectivity index (χ1n) is 5.14. The van der Waals surface area contributed by atoms with Gasteiger partial charge in [-0.05, 0) is 17.7 Å². The molecule has 1 aliphatic rings. The Bertz CT molecular complexity index is 473. The molecule has 2 heterocycles. The highest BCUT2D eigenvalue weighted by atomic mass is 32.2. The highest BCUT2D eigenvalue weighted by Gasteiger charge is 2.18. The smallest absolute Gasteiger partial charge is 0.0797 e. The summed E-state index contributed by atoms with van der Waals surface area (Å²) < 4.78 is 0. The van der Waals surface area contributed by atoms with Crippen LogP contribution in [0.3, 0.4) is 0 Å². The van der Waals surface area contributed by atoms with Gasteiger partial charge in [0.15, 0.2) is 0 Å². The first-order chi connectivity index (χ1) is 7.45. The fraction of sp³-hybridized carbons (Fsp3) is 0.250. The lowest BCUT2D eigenvalue weighted by atomic mass is 10.1. The topological polar surface area (TPSA) is 24.9 Å². The van der Waals surface area contributed by atoms with Gasteiger partial charge in [0, 0.05) is 23.9 Å². The minimum atomic E-state index is 0.442. The summed E-state index contributed by atoms with van der Waals surface area (Å²) >= 11 is 1.97. The normalized spacial score (nSPS) is 20.9. The summed E-state index contributed by atoms with van der Waals surface area (Å²) in [6.07, 6.45) is 1.90. The van der Waals surface area contributed by atoms with Crippen molar-refractivity contribution < 1.29 is 0 Å². The molecule has 3 rings (SSSR count). The van der Waals surface area contributed by atoms with Gasteiger partial charge in [0.2, 0.25) is 0 Å². The van der Waals surface area contributed by atoms with E-state index in [4.69, 9.17) is 0 Å². The second-order valence-electron chi connectivity index (χ2n) is 3.62. The van der Waals surface area contributed by atoms with E-state index in [0.717, 1.165) is 12.1 Å². The predicted octanol–water partition coefficient (Wildman–Crippen LogP) is 2.57. The lowest BCUT2D eigenvalue weighted by Crippen LogP contribution is -2.12. The minimum absolute atomic E-state index is 0.442. The van der Waals surface area contributed by atoms with E-state index in [1.165, 1.54) is 16.7 Å². The van der Waals surface area contributed by atoms with Crippen molar-refractivity contribution in [2.24, 2.45) is 0 Å². The van der Waals surface area contributed by atoms with E-state index >= 15 is 0 Å². The van der Waals surface area contributed by atoms with E-state index in [1.54, 1.807) is 0 Å². The van der Waals surface area contributed by atoms with Crippen LogP contribution in [-0.2, 0) is 0 Å². The molecule has 1 N–H and O–H groups in total. The average molecular weight is 216 g/mol. The first-order valence-corrected chi connectivity index (χ1v) is 6.19. The molecule has 1 aliphatic heterocycles. The van der Waals surface area contributed by atoms with Gasteiger partial charge in [-0.1, -0.05) is 18.2 Å². The van der Waals surface area contributed by atoms with Crippen LogP contribution in [0.15, 0.2) is 36.5 Å². The van der Waals surface area contributed by atoms with Crippen LogP contribution in [0, 0.1) is 0 Å². The SMILES string of the molecule is c1ccc2c(C3NCCS3)ccnc2c1. The molecule has 1 unspecified atom stereocenters. The fourth-order valence-electron chi connectivity index (χ4n) is 1.97. The van der Waals surface area contributed by atoms with Gasteiger partial charge in [-0.2, -0.15) is 0 Å². The van der Waals surface area contributed by atoms with Gasteiger partial charge >= 0.3 is 0 Å². The van der Waals surface area contributed by atoms with E-state index in [1.807, 2.05) is 24.0 Å². The fourth-order valence-corrected chi connectivity index (χ4v) is 3.06. The Morgan fingerprint density at radius 2 is 2.20 bits per heavy atom. The van der Waals surface area contributed by atoms with Crippen molar-refractivity contribution in [3.63, 3.8) is 0 Å². The lowest BCUT2D eigenvalue weighted by molar-refractivity contribution is 0.754. The third-order valence-corrected chi connectivity index (χ3v) is 3.88. The van der Waals surface area contributed by atoms with Crippen molar-refractivity contribution in [2.75, 3.05) is 12.3 Å². The van der Waals surface area contributed by atoms with Gasteiger partial charge in [0.1, 0.15) is 0 Å². The van der Waals surface area contributed by atoms with Gasteiger partial charge in [-0.25, -0.2) is 0 Å². The Morgan fingerprint density at radius 3 is 3.07 bits per heavy atom. The summed E-state index contributed by atoms with van der Waals surface area (Å²) in [6.45, 7) is 1.10. The average Bonchev–Trinajstić information content (AvgIpc) is 2.82. The standard InChI is InChI=1S/C12H12N2S/c1-2-4-11-9(3-1)10(5-6-13-11)12-14-7-8-15-12/h1-6,12,14H,7-8H2. The first kappa shape index (κ1) is 9.19. The molecule has 1 fully saturated rings. The summed E-state index contributed by atoms with van der Waals surface area (Å²) in [5.74, 6) is 1.20. The number of benzene rings is 1. The molecule has 1 saturated heterocycles. The van der Waals surface area contributed by atoms with Gasteiger partial charge in [0.25, 0.3) is 0 Å². The Balaban J connectivity index is 2.16. The highest BCUT2D eigenvalue weighted by molar-refractivity contribution is 7.99. The van der Waals surface area contributed by atoms with Crippen LogP contribution in [0.1, 0.15) is 10.9 Å². The van der Waals surface area contributed by atoms with Crippen LogP contribution >= 0.6 is 11.8 Å². The Labute approximate surface area is 93.1 Å². The summed E-state index contributed by atoms with van der Waals surface area (Å²) in [6, 6.07) is 10.5. The van der Waals surface area contributed by atoms with E-state index in [9.17, 15) is 0 Å². The molecule has 0 bridgehead atoms. The van der Waals surface area contributed by atoms with Crippen molar-refractivity contribution in [1.82, 2.24) is 10.3 Å². The van der Waals surface area contributed by atoms with Crippen molar-refractivity contribution in [3.8, 4) is 0 Å². The molecule has 1 aromatic carbocycles. The Hall–Kier alpha value is -1.06. The van der Waals surface area contributed by atoms with E-state index in [2.05, 4.69) is 34.6 Å². The zero-order chi connectivity index (χ0) is 10.1. The second kappa shape index (κ2) is 3.83. The van der Waals surface area contributed by atoms with Crippen molar-refractivity contribution >= 4 is 22.7 Å². The predicted molar refractivity (Wildman–Crippen MR) is 64.9 cm³/mol. The number of rotatable bonds is 1. The molecule has 2 aromatic rings. The monoisotopic (exact) mass is 216 g/mol. The number of aromatic nitrogens is 1. The number of pyridine rings is 1.